The number of carbonyl (C=O) groups is 1. The van der Waals surface area contributed by atoms with E-state index in [1.54, 1.807) is 0 Å². The van der Waals surface area contributed by atoms with Crippen LogP contribution in [0.1, 0.15) is 47.0 Å². The molecule has 0 aromatic carbocycles. The number of methoxy groups -OCH3 is 1. The van der Waals surface area contributed by atoms with Gasteiger partial charge in [-0.3, -0.25) is 0 Å². The Morgan fingerprint density at radius 2 is 2.06 bits per heavy atom. The fourth-order valence-electron chi connectivity index (χ4n) is 2.52. The molecule has 1 rings (SSSR count). The quantitative estimate of drug-likeness (QED) is 0.425. The summed E-state index contributed by atoms with van der Waals surface area (Å²) in [5.41, 5.74) is 4.04. The number of hydrogen-bond donors (Lipinski definition) is 0. The fourth-order valence-corrected chi connectivity index (χ4v) is 2.52. The van der Waals surface area contributed by atoms with E-state index in [1.165, 1.54) is 43.6 Å². The highest BCUT2D eigenvalue weighted by Gasteiger charge is 2.26. The van der Waals surface area contributed by atoms with E-state index in [0.717, 1.165) is 5.57 Å². The van der Waals surface area contributed by atoms with Crippen molar-refractivity contribution in [1.29, 1.82) is 0 Å². The molecular formula is C16H24O2. The molecule has 0 aliphatic heterocycles. The zero-order valence-electron chi connectivity index (χ0n) is 12.2. The maximum atomic E-state index is 11.1. The highest BCUT2D eigenvalue weighted by atomic mass is 16.5. The largest absolute Gasteiger partial charge is 0.466 e. The highest BCUT2D eigenvalue weighted by Crippen LogP contribution is 2.40. The van der Waals surface area contributed by atoms with Gasteiger partial charge >= 0.3 is 5.97 Å². The topological polar surface area (TPSA) is 26.3 Å². The molecule has 1 aliphatic rings. The molecule has 1 aliphatic carbocycles. The summed E-state index contributed by atoms with van der Waals surface area (Å²) >= 11 is 0. The summed E-state index contributed by atoms with van der Waals surface area (Å²) in [7, 11) is 1.40. The number of ether oxygens (including phenoxy) is 1. The first kappa shape index (κ1) is 14.7. The van der Waals surface area contributed by atoms with Crippen molar-refractivity contribution in [3.8, 4) is 0 Å². The second kappa shape index (κ2) is 6.03. The molecule has 18 heavy (non-hydrogen) atoms. The van der Waals surface area contributed by atoms with Gasteiger partial charge in [0, 0.05) is 6.08 Å². The Labute approximate surface area is 110 Å². The minimum Gasteiger partial charge on any atom is -0.466 e. The Morgan fingerprint density at radius 3 is 2.61 bits per heavy atom. The van der Waals surface area contributed by atoms with Gasteiger partial charge < -0.3 is 4.74 Å². The van der Waals surface area contributed by atoms with Crippen LogP contribution < -0.4 is 0 Å². The molecule has 100 valence electrons. The van der Waals surface area contributed by atoms with Crippen molar-refractivity contribution in [2.24, 2.45) is 5.41 Å². The molecule has 0 unspecified atom stereocenters. The standard InChI is InChI=1S/C16H24O2/c1-12(11-15(17)18-5)8-9-14-13(2)7-6-10-16(14,3)4/h8-9,11H,6-7,10H2,1-5H3/b9-8+,12-11+. The van der Waals surface area contributed by atoms with Gasteiger partial charge in [0.1, 0.15) is 0 Å². The number of allylic oxidation sites excluding steroid dienone is 5. The van der Waals surface area contributed by atoms with Gasteiger partial charge in [0.05, 0.1) is 7.11 Å². The molecule has 0 saturated heterocycles. The van der Waals surface area contributed by atoms with Crippen molar-refractivity contribution >= 4 is 5.97 Å². The van der Waals surface area contributed by atoms with Crippen LogP contribution >= 0.6 is 0 Å². The number of rotatable bonds is 3. The Kier molecular flexibility index (Phi) is 4.94. The fraction of sp³-hybridized carbons (Fsp3) is 0.562. The molecule has 0 heterocycles. The molecule has 2 heteroatoms. The molecule has 0 aromatic heterocycles. The van der Waals surface area contributed by atoms with Crippen LogP contribution in [0.2, 0.25) is 0 Å². The van der Waals surface area contributed by atoms with Gasteiger partial charge in [0.2, 0.25) is 0 Å². The zero-order chi connectivity index (χ0) is 13.8. The lowest BCUT2D eigenvalue weighted by Crippen LogP contribution is -2.19. The second-order valence-electron chi connectivity index (χ2n) is 5.68. The first-order valence-electron chi connectivity index (χ1n) is 6.51. The van der Waals surface area contributed by atoms with Crippen molar-refractivity contribution in [3.63, 3.8) is 0 Å². The average Bonchev–Trinajstić information content (AvgIpc) is 2.27. The van der Waals surface area contributed by atoms with Gasteiger partial charge in [0.25, 0.3) is 0 Å². The van der Waals surface area contributed by atoms with Crippen LogP contribution in [0.15, 0.2) is 34.9 Å². The van der Waals surface area contributed by atoms with Crippen molar-refractivity contribution in [3.05, 3.63) is 34.9 Å². The Morgan fingerprint density at radius 1 is 1.39 bits per heavy atom. The number of carbonyl (C=O) groups excluding carboxylic acids is 1. The second-order valence-corrected chi connectivity index (χ2v) is 5.68. The predicted octanol–water partition coefficient (Wildman–Crippen LogP) is 4.19. The molecule has 0 atom stereocenters. The van der Waals surface area contributed by atoms with Gasteiger partial charge in [-0.15, -0.1) is 0 Å². The zero-order valence-corrected chi connectivity index (χ0v) is 12.2. The summed E-state index contributed by atoms with van der Waals surface area (Å²) in [4.78, 5) is 11.1. The summed E-state index contributed by atoms with van der Waals surface area (Å²) in [6.45, 7) is 8.70. The van der Waals surface area contributed by atoms with Gasteiger partial charge in [-0.25, -0.2) is 4.79 Å². The molecule has 0 fully saturated rings. The molecule has 0 amide bonds. The molecule has 0 aromatic rings. The van der Waals surface area contributed by atoms with Crippen molar-refractivity contribution < 1.29 is 9.53 Å². The third-order valence-corrected chi connectivity index (χ3v) is 3.60. The van der Waals surface area contributed by atoms with Gasteiger partial charge in [0.15, 0.2) is 0 Å². The van der Waals surface area contributed by atoms with E-state index in [9.17, 15) is 4.79 Å². The van der Waals surface area contributed by atoms with Crippen molar-refractivity contribution in [2.45, 2.75) is 47.0 Å². The SMILES string of the molecule is COC(=O)/C=C(C)/C=C/C1=C(C)CCCC1(C)C. The Balaban J connectivity index is 2.89. The van der Waals surface area contributed by atoms with Gasteiger partial charge in [-0.2, -0.15) is 0 Å². The van der Waals surface area contributed by atoms with Crippen LogP contribution in [-0.4, -0.2) is 13.1 Å². The van der Waals surface area contributed by atoms with Gasteiger partial charge in [-0.1, -0.05) is 31.6 Å². The third-order valence-electron chi connectivity index (χ3n) is 3.60. The first-order chi connectivity index (χ1) is 8.36. The summed E-state index contributed by atoms with van der Waals surface area (Å²) in [6, 6.07) is 0. The maximum Gasteiger partial charge on any atom is 0.330 e. The lowest BCUT2D eigenvalue weighted by atomic mass is 9.72. The smallest absolute Gasteiger partial charge is 0.330 e. The molecular weight excluding hydrogens is 224 g/mol. The van der Waals surface area contributed by atoms with Crippen LogP contribution in [0, 0.1) is 5.41 Å². The molecule has 0 saturated carbocycles. The minimum atomic E-state index is -0.300. The Bertz CT molecular complexity index is 409. The van der Waals surface area contributed by atoms with Crippen molar-refractivity contribution in [2.75, 3.05) is 7.11 Å². The molecule has 2 nitrogen and oxygen atoms in total. The maximum absolute atomic E-state index is 11.1. The minimum absolute atomic E-state index is 0.240. The van der Waals surface area contributed by atoms with Crippen LogP contribution in [-0.2, 0) is 9.53 Å². The van der Waals surface area contributed by atoms with E-state index in [-0.39, 0.29) is 11.4 Å². The van der Waals surface area contributed by atoms with E-state index < -0.39 is 0 Å². The van der Waals surface area contributed by atoms with Crippen LogP contribution in [0.4, 0.5) is 0 Å². The van der Waals surface area contributed by atoms with Crippen LogP contribution in [0.5, 0.6) is 0 Å². The molecule has 0 spiro atoms. The highest BCUT2D eigenvalue weighted by molar-refractivity contribution is 5.83. The molecule has 0 N–H and O–H groups in total. The van der Waals surface area contributed by atoms with E-state index in [0.29, 0.717) is 0 Å². The van der Waals surface area contributed by atoms with Crippen LogP contribution in [0.25, 0.3) is 0 Å². The average molecular weight is 248 g/mol. The molecule has 0 radical (unpaired) electrons. The Hall–Kier alpha value is -1.31. The van der Waals surface area contributed by atoms with Gasteiger partial charge in [-0.05, 0) is 49.7 Å². The van der Waals surface area contributed by atoms with E-state index in [1.807, 2.05) is 13.0 Å². The van der Waals surface area contributed by atoms with Crippen molar-refractivity contribution in [1.82, 2.24) is 0 Å². The summed E-state index contributed by atoms with van der Waals surface area (Å²) in [5.74, 6) is -0.300. The number of hydrogen-bond acceptors (Lipinski definition) is 2. The van der Waals surface area contributed by atoms with Crippen LogP contribution in [0.3, 0.4) is 0 Å². The monoisotopic (exact) mass is 248 g/mol. The summed E-state index contributed by atoms with van der Waals surface area (Å²) < 4.78 is 4.61. The number of esters is 1. The van der Waals surface area contributed by atoms with E-state index >= 15 is 0 Å². The lowest BCUT2D eigenvalue weighted by Gasteiger charge is -2.32. The third kappa shape index (κ3) is 3.86. The predicted molar refractivity (Wildman–Crippen MR) is 75.2 cm³/mol. The summed E-state index contributed by atoms with van der Waals surface area (Å²) in [6.07, 6.45) is 9.36. The first-order valence-corrected chi connectivity index (χ1v) is 6.51. The molecule has 0 bridgehead atoms. The lowest BCUT2D eigenvalue weighted by molar-refractivity contribution is -0.134. The normalized spacial score (nSPS) is 20.4. The van der Waals surface area contributed by atoms with E-state index in [2.05, 4.69) is 31.6 Å². The van der Waals surface area contributed by atoms with E-state index in [4.69, 9.17) is 0 Å². The summed E-state index contributed by atoms with van der Waals surface area (Å²) in [5, 5.41) is 0.